The maximum Gasteiger partial charge on any atom is 0.121 e. The first-order valence-corrected chi connectivity index (χ1v) is 10.1. The van der Waals surface area contributed by atoms with E-state index >= 15 is 0 Å². The predicted octanol–water partition coefficient (Wildman–Crippen LogP) is 4.86. The molecule has 3 heterocycles. The first-order valence-electron chi connectivity index (χ1n) is 10.1. The molecule has 1 aromatic heterocycles. The Kier molecular flexibility index (Phi) is 6.56. The molecule has 0 aliphatic carbocycles. The lowest BCUT2D eigenvalue weighted by molar-refractivity contribution is 0.0340. The number of hydrogen-bond acceptors (Lipinski definition) is 4. The van der Waals surface area contributed by atoms with E-state index in [0.717, 1.165) is 69.9 Å². The largest absolute Gasteiger partial charge is 0.464 e. The lowest BCUT2D eigenvalue weighted by atomic mass is 9.78. The van der Waals surface area contributed by atoms with E-state index in [0.29, 0.717) is 6.04 Å². The van der Waals surface area contributed by atoms with Crippen LogP contribution >= 0.6 is 0 Å². The highest BCUT2D eigenvalue weighted by Crippen LogP contribution is 2.36. The molecule has 4 nitrogen and oxygen atoms in total. The quantitative estimate of drug-likeness (QED) is 0.739. The van der Waals surface area contributed by atoms with Gasteiger partial charge in [-0.05, 0) is 63.7 Å². The molecule has 0 spiro atoms. The first kappa shape index (κ1) is 18.5. The zero-order chi connectivity index (χ0) is 17.5. The molecule has 2 aliphatic rings. The second-order valence-corrected chi connectivity index (χ2v) is 7.67. The average molecular weight is 344 g/mol. The van der Waals surface area contributed by atoms with E-state index < -0.39 is 0 Å². The molecule has 1 aromatic rings. The van der Waals surface area contributed by atoms with Crippen LogP contribution in [0.15, 0.2) is 16.5 Å². The van der Waals surface area contributed by atoms with Crippen LogP contribution in [0, 0.1) is 16.7 Å². The Morgan fingerprint density at radius 1 is 1.24 bits per heavy atom. The van der Waals surface area contributed by atoms with Gasteiger partial charge in [0.15, 0.2) is 0 Å². The molecule has 0 bridgehead atoms. The Hall–Kier alpha value is -1.31. The minimum Gasteiger partial charge on any atom is -0.464 e. The molecule has 25 heavy (non-hydrogen) atoms. The van der Waals surface area contributed by atoms with Crippen molar-refractivity contribution in [3.63, 3.8) is 0 Å². The fourth-order valence-electron chi connectivity index (χ4n) is 4.32. The molecule has 4 heteroatoms. The van der Waals surface area contributed by atoms with Gasteiger partial charge in [0.2, 0.25) is 0 Å². The summed E-state index contributed by atoms with van der Waals surface area (Å²) in [4.78, 5) is 2.61. The molecule has 0 radical (unpaired) electrons. The summed E-state index contributed by atoms with van der Waals surface area (Å²) in [5.41, 5.74) is -0.153. The minimum atomic E-state index is -0.153. The van der Waals surface area contributed by atoms with Gasteiger partial charge >= 0.3 is 0 Å². The number of likely N-dealkylation sites (tertiary alicyclic amines) is 1. The van der Waals surface area contributed by atoms with Gasteiger partial charge in [0.05, 0.1) is 17.5 Å². The maximum atomic E-state index is 9.65. The van der Waals surface area contributed by atoms with Crippen LogP contribution in [0.5, 0.6) is 0 Å². The van der Waals surface area contributed by atoms with Crippen LogP contribution in [0.25, 0.3) is 0 Å². The van der Waals surface area contributed by atoms with E-state index in [1.54, 1.807) is 0 Å². The van der Waals surface area contributed by atoms with Gasteiger partial charge in [-0.2, -0.15) is 5.26 Å². The van der Waals surface area contributed by atoms with E-state index in [2.05, 4.69) is 30.0 Å². The Labute approximate surface area is 152 Å². The van der Waals surface area contributed by atoms with E-state index in [1.807, 2.05) is 0 Å². The molecule has 2 aliphatic heterocycles. The maximum absolute atomic E-state index is 9.65. The van der Waals surface area contributed by atoms with E-state index in [1.165, 1.54) is 25.7 Å². The molecule has 138 valence electrons. The second kappa shape index (κ2) is 8.87. The molecule has 3 rings (SSSR count). The van der Waals surface area contributed by atoms with Crippen molar-refractivity contribution in [3.05, 3.63) is 23.7 Å². The van der Waals surface area contributed by atoms with Crippen LogP contribution in [-0.2, 0) is 11.2 Å². The van der Waals surface area contributed by atoms with Crippen LogP contribution in [-0.4, -0.2) is 31.2 Å². The fraction of sp³-hybridized carbons (Fsp3) is 0.762. The second-order valence-electron chi connectivity index (χ2n) is 7.67. The Morgan fingerprint density at radius 3 is 2.80 bits per heavy atom. The minimum absolute atomic E-state index is 0.153. The lowest BCUT2D eigenvalue weighted by Crippen LogP contribution is -2.32. The molecule has 1 atom stereocenters. The Balaban J connectivity index is 1.60. The predicted molar refractivity (Wildman–Crippen MR) is 98.2 cm³/mol. The fourth-order valence-corrected chi connectivity index (χ4v) is 4.32. The molecule has 0 unspecified atom stereocenters. The number of furan rings is 1. The third-order valence-electron chi connectivity index (χ3n) is 6.01. The van der Waals surface area contributed by atoms with Gasteiger partial charge in [-0.25, -0.2) is 0 Å². The SMILES string of the molecule is CCc1ccc([C@@H]2CCCCCN2CCCC2(C#N)CCOCC2)o1. The van der Waals surface area contributed by atoms with Crippen molar-refractivity contribution in [1.29, 1.82) is 5.26 Å². The lowest BCUT2D eigenvalue weighted by Gasteiger charge is -2.33. The monoisotopic (exact) mass is 344 g/mol. The van der Waals surface area contributed by atoms with Crippen LogP contribution < -0.4 is 0 Å². The third-order valence-corrected chi connectivity index (χ3v) is 6.01. The van der Waals surface area contributed by atoms with Crippen LogP contribution in [0.1, 0.15) is 75.9 Å². The van der Waals surface area contributed by atoms with E-state index in [-0.39, 0.29) is 5.41 Å². The molecular weight excluding hydrogens is 312 g/mol. The van der Waals surface area contributed by atoms with Crippen molar-refractivity contribution in [2.45, 2.75) is 70.8 Å². The normalized spacial score (nSPS) is 24.6. The summed E-state index contributed by atoms with van der Waals surface area (Å²) in [6.07, 6.45) is 9.88. The van der Waals surface area contributed by atoms with Crippen molar-refractivity contribution in [3.8, 4) is 6.07 Å². The average Bonchev–Trinajstić information content (AvgIpc) is 3.01. The summed E-state index contributed by atoms with van der Waals surface area (Å²) in [6, 6.07) is 7.32. The third kappa shape index (κ3) is 4.65. The number of nitriles is 1. The van der Waals surface area contributed by atoms with Crippen LogP contribution in [0.3, 0.4) is 0 Å². The van der Waals surface area contributed by atoms with Crippen molar-refractivity contribution >= 4 is 0 Å². The number of aryl methyl sites for hydroxylation is 1. The molecule has 0 amide bonds. The molecular formula is C21H32N2O2. The van der Waals surface area contributed by atoms with Crippen LogP contribution in [0.2, 0.25) is 0 Å². The topological polar surface area (TPSA) is 49.4 Å². The summed E-state index contributed by atoms with van der Waals surface area (Å²) >= 11 is 0. The van der Waals surface area contributed by atoms with Gasteiger partial charge in [0.1, 0.15) is 11.5 Å². The van der Waals surface area contributed by atoms with Gasteiger partial charge in [0.25, 0.3) is 0 Å². The number of ether oxygens (including phenoxy) is 1. The van der Waals surface area contributed by atoms with E-state index in [9.17, 15) is 5.26 Å². The standard InChI is InChI=1S/C21H32N2O2/c1-2-18-8-9-20(25-18)19-7-4-3-5-13-23(19)14-6-10-21(17-22)11-15-24-16-12-21/h8-9,19H,2-7,10-16H2,1H3/t19-/m0/s1. The molecule has 0 saturated carbocycles. The number of nitrogens with zero attached hydrogens (tertiary/aromatic N) is 2. The molecule has 2 fully saturated rings. The Morgan fingerprint density at radius 2 is 2.08 bits per heavy atom. The van der Waals surface area contributed by atoms with Crippen LogP contribution in [0.4, 0.5) is 0 Å². The summed E-state index contributed by atoms with van der Waals surface area (Å²) in [5.74, 6) is 2.23. The van der Waals surface area contributed by atoms with Gasteiger partial charge in [0, 0.05) is 19.6 Å². The summed E-state index contributed by atoms with van der Waals surface area (Å²) in [5, 5.41) is 9.65. The highest BCUT2D eigenvalue weighted by atomic mass is 16.5. The van der Waals surface area contributed by atoms with Gasteiger partial charge in [-0.3, -0.25) is 4.90 Å². The number of hydrogen-bond donors (Lipinski definition) is 0. The van der Waals surface area contributed by atoms with Gasteiger partial charge < -0.3 is 9.15 Å². The zero-order valence-electron chi connectivity index (χ0n) is 15.6. The summed E-state index contributed by atoms with van der Waals surface area (Å²) in [7, 11) is 0. The summed E-state index contributed by atoms with van der Waals surface area (Å²) < 4.78 is 11.5. The smallest absolute Gasteiger partial charge is 0.121 e. The van der Waals surface area contributed by atoms with Crippen molar-refractivity contribution in [2.24, 2.45) is 5.41 Å². The molecule has 2 saturated heterocycles. The van der Waals surface area contributed by atoms with Gasteiger partial charge in [-0.1, -0.05) is 19.8 Å². The van der Waals surface area contributed by atoms with Gasteiger partial charge in [-0.15, -0.1) is 0 Å². The Bertz CT molecular complexity index is 569. The highest BCUT2D eigenvalue weighted by molar-refractivity contribution is 5.11. The van der Waals surface area contributed by atoms with Crippen molar-refractivity contribution < 1.29 is 9.15 Å². The molecule has 0 N–H and O–H groups in total. The first-order chi connectivity index (χ1) is 12.3. The molecule has 0 aromatic carbocycles. The van der Waals surface area contributed by atoms with Crippen molar-refractivity contribution in [2.75, 3.05) is 26.3 Å². The van der Waals surface area contributed by atoms with E-state index in [4.69, 9.17) is 9.15 Å². The zero-order valence-corrected chi connectivity index (χ0v) is 15.6. The highest BCUT2D eigenvalue weighted by Gasteiger charge is 2.33. The van der Waals surface area contributed by atoms with Crippen molar-refractivity contribution in [1.82, 2.24) is 4.90 Å². The number of rotatable bonds is 6. The summed E-state index contributed by atoms with van der Waals surface area (Å²) in [6.45, 7) is 5.84.